The maximum atomic E-state index is 12.8. The van der Waals surface area contributed by atoms with Crippen LogP contribution in [0.4, 0.5) is 18.0 Å². The van der Waals surface area contributed by atoms with Gasteiger partial charge in [-0.05, 0) is 107 Å². The average Bonchev–Trinajstić information content (AvgIpc) is 3.62. The molecule has 8 heteroatoms. The summed E-state index contributed by atoms with van der Waals surface area (Å²) in [4.78, 5) is 20.6. The second-order valence-electron chi connectivity index (χ2n) is 10.9. The fraction of sp³-hybridized carbons (Fsp3) is 0.593. The predicted octanol–water partition coefficient (Wildman–Crippen LogP) is 6.91. The highest BCUT2D eigenvalue weighted by Gasteiger charge is 2.33. The molecular weight excluding hydrogens is 455 g/mol. The Bertz CT molecular complexity index is 1020. The molecule has 2 aromatic rings. The Morgan fingerprint density at radius 1 is 1.00 bits per heavy atom. The Hall–Kier alpha value is -2.64. The van der Waals surface area contributed by atoms with Gasteiger partial charge >= 0.3 is 12.3 Å². The van der Waals surface area contributed by atoms with E-state index >= 15 is 0 Å². The number of alkyl carbamates (subject to hydrolysis) is 1. The Kier molecular flexibility index (Phi) is 7.38. The number of pyridine rings is 2. The normalized spacial score (nSPS) is 21.0. The van der Waals surface area contributed by atoms with Crippen molar-refractivity contribution in [2.75, 3.05) is 0 Å². The SMILES string of the molecule is CC(C)(C)OC(=O)NCc1ccc(C2CC2)c(CC2CCC(c3ccc(C(F)(F)F)nc3)CC2)n1. The number of rotatable bonds is 6. The van der Waals surface area contributed by atoms with Gasteiger partial charge in [0.05, 0.1) is 12.2 Å². The van der Waals surface area contributed by atoms with Gasteiger partial charge in [0.15, 0.2) is 0 Å². The number of aromatic nitrogens is 2. The Labute approximate surface area is 204 Å². The number of alkyl halides is 3. The van der Waals surface area contributed by atoms with E-state index in [0.717, 1.165) is 55.1 Å². The van der Waals surface area contributed by atoms with Gasteiger partial charge in [0.2, 0.25) is 0 Å². The van der Waals surface area contributed by atoms with Gasteiger partial charge in [0, 0.05) is 11.9 Å². The standard InChI is InChI=1S/C27H34F3N3O2/c1-26(2,3)35-25(34)32-16-21-11-12-22(19-8-9-19)23(33-21)14-17-4-6-18(7-5-17)20-10-13-24(31-15-20)27(28,29)30/h10-13,15,17-19H,4-9,14,16H2,1-3H3,(H,32,34). The molecule has 0 spiro atoms. The second kappa shape index (κ2) is 10.2. The average molecular weight is 490 g/mol. The molecule has 5 nitrogen and oxygen atoms in total. The van der Waals surface area contributed by atoms with E-state index in [4.69, 9.17) is 9.72 Å². The molecule has 2 fully saturated rings. The third kappa shape index (κ3) is 7.18. The van der Waals surface area contributed by atoms with Crippen LogP contribution in [0.1, 0.15) is 99.3 Å². The minimum Gasteiger partial charge on any atom is -0.444 e. The Morgan fingerprint density at radius 3 is 2.26 bits per heavy atom. The summed E-state index contributed by atoms with van der Waals surface area (Å²) in [6.45, 7) is 5.81. The Balaban J connectivity index is 1.35. The number of nitrogens with one attached hydrogen (secondary N) is 1. The maximum absolute atomic E-state index is 12.8. The van der Waals surface area contributed by atoms with Crippen LogP contribution >= 0.6 is 0 Å². The van der Waals surface area contributed by atoms with E-state index in [-0.39, 0.29) is 5.92 Å². The summed E-state index contributed by atoms with van der Waals surface area (Å²) in [7, 11) is 0. The zero-order chi connectivity index (χ0) is 25.2. The van der Waals surface area contributed by atoms with E-state index in [2.05, 4.69) is 16.4 Å². The number of halogens is 3. The molecule has 0 radical (unpaired) electrons. The highest BCUT2D eigenvalue weighted by molar-refractivity contribution is 5.67. The molecule has 190 valence electrons. The summed E-state index contributed by atoms with van der Waals surface area (Å²) in [5.41, 5.74) is 2.77. The summed E-state index contributed by atoms with van der Waals surface area (Å²) < 4.78 is 43.7. The van der Waals surface area contributed by atoms with Crippen molar-refractivity contribution in [1.82, 2.24) is 15.3 Å². The quantitative estimate of drug-likeness (QED) is 0.479. The molecular formula is C27H34F3N3O2. The molecule has 0 bridgehead atoms. The van der Waals surface area contributed by atoms with E-state index in [1.807, 2.05) is 26.8 Å². The second-order valence-corrected chi connectivity index (χ2v) is 10.9. The van der Waals surface area contributed by atoms with Gasteiger partial charge in [-0.3, -0.25) is 9.97 Å². The van der Waals surface area contributed by atoms with Crippen molar-refractivity contribution in [3.63, 3.8) is 0 Å². The molecule has 2 aromatic heterocycles. The minimum atomic E-state index is -4.40. The highest BCUT2D eigenvalue weighted by Crippen LogP contribution is 2.43. The molecule has 4 rings (SSSR count). The van der Waals surface area contributed by atoms with Crippen LogP contribution in [-0.4, -0.2) is 21.7 Å². The molecule has 0 atom stereocenters. The van der Waals surface area contributed by atoms with E-state index in [9.17, 15) is 18.0 Å². The number of carbonyl (C=O) groups excluding carboxylic acids is 1. The van der Waals surface area contributed by atoms with Crippen LogP contribution in [0.3, 0.4) is 0 Å². The van der Waals surface area contributed by atoms with Crippen LogP contribution in [-0.2, 0) is 23.9 Å². The van der Waals surface area contributed by atoms with E-state index in [0.29, 0.717) is 18.4 Å². The van der Waals surface area contributed by atoms with Crippen LogP contribution in [0.5, 0.6) is 0 Å². The van der Waals surface area contributed by atoms with Crippen molar-refractivity contribution < 1.29 is 22.7 Å². The van der Waals surface area contributed by atoms with Gasteiger partial charge in [-0.15, -0.1) is 0 Å². The summed E-state index contributed by atoms with van der Waals surface area (Å²) in [6.07, 6.45) is 3.71. The first kappa shape index (κ1) is 25.5. The van der Waals surface area contributed by atoms with Crippen LogP contribution in [0, 0.1) is 5.92 Å². The van der Waals surface area contributed by atoms with Crippen molar-refractivity contribution in [1.29, 1.82) is 0 Å². The Morgan fingerprint density at radius 2 is 1.69 bits per heavy atom. The zero-order valence-corrected chi connectivity index (χ0v) is 20.6. The van der Waals surface area contributed by atoms with Crippen molar-refractivity contribution in [3.05, 3.63) is 58.7 Å². The van der Waals surface area contributed by atoms with E-state index in [1.165, 1.54) is 24.6 Å². The molecule has 2 heterocycles. The van der Waals surface area contributed by atoms with Crippen molar-refractivity contribution in [3.8, 4) is 0 Å². The fourth-order valence-corrected chi connectivity index (χ4v) is 4.85. The van der Waals surface area contributed by atoms with Crippen molar-refractivity contribution in [2.45, 2.75) is 95.9 Å². The third-order valence-corrected chi connectivity index (χ3v) is 6.77. The lowest BCUT2D eigenvalue weighted by atomic mass is 9.77. The van der Waals surface area contributed by atoms with Crippen molar-refractivity contribution >= 4 is 6.09 Å². The monoisotopic (exact) mass is 489 g/mol. The maximum Gasteiger partial charge on any atom is 0.433 e. The summed E-state index contributed by atoms with van der Waals surface area (Å²) in [5, 5.41) is 2.79. The van der Waals surface area contributed by atoms with Gasteiger partial charge in [0.25, 0.3) is 0 Å². The lowest BCUT2D eigenvalue weighted by molar-refractivity contribution is -0.141. The van der Waals surface area contributed by atoms with Gasteiger partial charge < -0.3 is 10.1 Å². The summed E-state index contributed by atoms with van der Waals surface area (Å²) >= 11 is 0. The molecule has 2 aliphatic rings. The van der Waals surface area contributed by atoms with Crippen LogP contribution in [0.25, 0.3) is 0 Å². The first-order chi connectivity index (χ1) is 16.5. The molecule has 2 saturated carbocycles. The lowest BCUT2D eigenvalue weighted by Gasteiger charge is -2.29. The van der Waals surface area contributed by atoms with Crippen LogP contribution < -0.4 is 5.32 Å². The number of hydrogen-bond acceptors (Lipinski definition) is 4. The van der Waals surface area contributed by atoms with Gasteiger partial charge in [-0.2, -0.15) is 13.2 Å². The number of hydrogen-bond donors (Lipinski definition) is 1. The number of nitrogens with zero attached hydrogens (tertiary/aromatic N) is 2. The van der Waals surface area contributed by atoms with Crippen LogP contribution in [0.2, 0.25) is 0 Å². The van der Waals surface area contributed by atoms with Crippen molar-refractivity contribution in [2.24, 2.45) is 5.92 Å². The molecule has 0 saturated heterocycles. The number of amides is 1. The summed E-state index contributed by atoms with van der Waals surface area (Å²) in [6, 6.07) is 6.81. The van der Waals surface area contributed by atoms with Crippen LogP contribution in [0.15, 0.2) is 30.5 Å². The molecule has 35 heavy (non-hydrogen) atoms. The molecule has 1 N–H and O–H groups in total. The smallest absolute Gasteiger partial charge is 0.433 e. The summed E-state index contributed by atoms with van der Waals surface area (Å²) in [5.74, 6) is 1.33. The molecule has 0 aromatic carbocycles. The number of ether oxygens (including phenoxy) is 1. The highest BCUT2D eigenvalue weighted by atomic mass is 19.4. The predicted molar refractivity (Wildman–Crippen MR) is 127 cm³/mol. The third-order valence-electron chi connectivity index (χ3n) is 6.77. The largest absolute Gasteiger partial charge is 0.444 e. The topological polar surface area (TPSA) is 64.1 Å². The molecule has 0 aliphatic heterocycles. The van der Waals surface area contributed by atoms with E-state index < -0.39 is 23.6 Å². The molecule has 1 amide bonds. The molecule has 0 unspecified atom stereocenters. The minimum absolute atomic E-state index is 0.251. The van der Waals surface area contributed by atoms with E-state index in [1.54, 1.807) is 6.07 Å². The van der Waals surface area contributed by atoms with Gasteiger partial charge in [0.1, 0.15) is 11.3 Å². The first-order valence-corrected chi connectivity index (χ1v) is 12.5. The molecule has 2 aliphatic carbocycles. The zero-order valence-electron chi connectivity index (χ0n) is 20.6. The fourth-order valence-electron chi connectivity index (χ4n) is 4.85. The lowest BCUT2D eigenvalue weighted by Crippen LogP contribution is -2.32. The van der Waals surface area contributed by atoms with Gasteiger partial charge in [-0.25, -0.2) is 4.79 Å². The number of carbonyl (C=O) groups is 1. The first-order valence-electron chi connectivity index (χ1n) is 12.5. The van der Waals surface area contributed by atoms with Gasteiger partial charge in [-0.1, -0.05) is 12.1 Å².